The summed E-state index contributed by atoms with van der Waals surface area (Å²) < 4.78 is 5.53. The van der Waals surface area contributed by atoms with E-state index in [4.69, 9.17) is 4.74 Å². The van der Waals surface area contributed by atoms with Crippen molar-refractivity contribution >= 4 is 23.6 Å². The molecule has 3 aromatic carbocycles. The van der Waals surface area contributed by atoms with Crippen LogP contribution in [0, 0.1) is 19.8 Å². The average Bonchev–Trinajstić information content (AvgIpc) is 3.63. The summed E-state index contributed by atoms with van der Waals surface area (Å²) >= 11 is 0. The third-order valence-electron chi connectivity index (χ3n) is 7.27. The second kappa shape index (κ2) is 12.6. The molecule has 0 saturated heterocycles. The van der Waals surface area contributed by atoms with Gasteiger partial charge < -0.3 is 20.3 Å². The summed E-state index contributed by atoms with van der Waals surface area (Å²) in [5, 5.41) is 5.90. The van der Waals surface area contributed by atoms with Gasteiger partial charge in [-0.2, -0.15) is 0 Å². The van der Waals surface area contributed by atoms with E-state index >= 15 is 0 Å². The zero-order valence-electron chi connectivity index (χ0n) is 24.8. The molecular formula is C34H41N3O4. The van der Waals surface area contributed by atoms with Crippen molar-refractivity contribution in [2.45, 2.75) is 78.1 Å². The average molecular weight is 556 g/mol. The highest BCUT2D eigenvalue weighted by atomic mass is 16.6. The molecule has 7 nitrogen and oxygen atoms in total. The number of carbonyl (C=O) groups excluding carboxylic acids is 3. The van der Waals surface area contributed by atoms with Gasteiger partial charge in [0.05, 0.1) is 0 Å². The quantitative estimate of drug-likeness (QED) is 0.322. The van der Waals surface area contributed by atoms with Crippen molar-refractivity contribution in [1.82, 2.24) is 10.2 Å². The van der Waals surface area contributed by atoms with Crippen LogP contribution in [-0.2, 0) is 20.7 Å². The zero-order chi connectivity index (χ0) is 29.7. The number of rotatable bonds is 9. The first-order chi connectivity index (χ1) is 19.4. The molecule has 41 heavy (non-hydrogen) atoms. The molecule has 0 bridgehead atoms. The minimum absolute atomic E-state index is 0.143. The first-order valence-electron chi connectivity index (χ1n) is 14.2. The summed E-state index contributed by atoms with van der Waals surface area (Å²) in [6.45, 7) is 11.3. The van der Waals surface area contributed by atoms with Gasteiger partial charge >= 0.3 is 6.09 Å². The third-order valence-corrected chi connectivity index (χ3v) is 7.27. The maximum Gasteiger partial charge on any atom is 0.408 e. The van der Waals surface area contributed by atoms with Gasteiger partial charge in [-0.1, -0.05) is 85.3 Å². The van der Waals surface area contributed by atoms with Crippen LogP contribution in [0.4, 0.5) is 10.5 Å². The Balaban J connectivity index is 1.74. The van der Waals surface area contributed by atoms with Crippen LogP contribution in [0.25, 0.3) is 0 Å². The number of alkyl carbamates (subject to hydrolysis) is 1. The zero-order valence-corrected chi connectivity index (χ0v) is 24.8. The summed E-state index contributed by atoms with van der Waals surface area (Å²) in [7, 11) is 0. The maximum atomic E-state index is 14.6. The van der Waals surface area contributed by atoms with E-state index in [9.17, 15) is 14.4 Å². The number of para-hydroxylation sites is 1. The highest BCUT2D eigenvalue weighted by Crippen LogP contribution is 2.41. The van der Waals surface area contributed by atoms with E-state index in [1.807, 2.05) is 92.7 Å². The molecule has 1 fully saturated rings. The lowest BCUT2D eigenvalue weighted by molar-refractivity contribution is -0.141. The molecule has 7 heteroatoms. The van der Waals surface area contributed by atoms with E-state index in [2.05, 4.69) is 17.6 Å². The number of hydrogen-bond donors (Lipinski definition) is 2. The number of nitrogens with zero attached hydrogens (tertiary/aromatic N) is 1. The molecule has 1 saturated carbocycles. The molecule has 0 heterocycles. The molecule has 2 N–H and O–H groups in total. The van der Waals surface area contributed by atoms with Crippen molar-refractivity contribution in [2.24, 2.45) is 5.92 Å². The van der Waals surface area contributed by atoms with Crippen molar-refractivity contribution in [3.63, 3.8) is 0 Å². The Hall–Kier alpha value is -4.13. The molecule has 4 unspecified atom stereocenters. The van der Waals surface area contributed by atoms with Crippen LogP contribution >= 0.6 is 0 Å². The maximum absolute atomic E-state index is 14.6. The van der Waals surface area contributed by atoms with Gasteiger partial charge in [0.25, 0.3) is 5.91 Å². The van der Waals surface area contributed by atoms with Crippen LogP contribution < -0.4 is 10.6 Å². The predicted octanol–water partition coefficient (Wildman–Crippen LogP) is 6.36. The molecule has 216 valence electrons. The first-order valence-corrected chi connectivity index (χ1v) is 14.2. The summed E-state index contributed by atoms with van der Waals surface area (Å²) in [4.78, 5) is 43.3. The number of amides is 3. The second-order valence-corrected chi connectivity index (χ2v) is 12.0. The van der Waals surface area contributed by atoms with E-state index < -0.39 is 23.8 Å². The molecule has 0 aromatic heterocycles. The Kier molecular flexibility index (Phi) is 9.16. The number of benzene rings is 3. The molecule has 3 amide bonds. The molecule has 1 aliphatic rings. The minimum Gasteiger partial charge on any atom is -0.444 e. The van der Waals surface area contributed by atoms with Gasteiger partial charge in [0.2, 0.25) is 5.91 Å². The smallest absolute Gasteiger partial charge is 0.408 e. The minimum atomic E-state index is -0.931. The number of carbonyl (C=O) groups is 3. The molecule has 0 radical (unpaired) electrons. The number of nitrogens with one attached hydrogen (secondary N) is 2. The van der Waals surface area contributed by atoms with Gasteiger partial charge in [0.15, 0.2) is 0 Å². The number of anilines is 1. The Morgan fingerprint density at radius 1 is 0.927 bits per heavy atom. The van der Waals surface area contributed by atoms with Gasteiger partial charge in [0, 0.05) is 18.2 Å². The molecule has 4 rings (SSSR count). The van der Waals surface area contributed by atoms with Gasteiger partial charge in [0.1, 0.15) is 17.7 Å². The van der Waals surface area contributed by atoms with Gasteiger partial charge in [-0.3, -0.25) is 9.59 Å². The Morgan fingerprint density at radius 2 is 1.54 bits per heavy atom. The van der Waals surface area contributed by atoms with Crippen LogP contribution in [0.1, 0.15) is 62.4 Å². The van der Waals surface area contributed by atoms with E-state index in [1.54, 1.807) is 25.7 Å². The molecule has 4 atom stereocenters. The Labute approximate surface area is 243 Å². The summed E-state index contributed by atoms with van der Waals surface area (Å²) in [6.07, 6.45) is 0.360. The monoisotopic (exact) mass is 555 g/mol. The van der Waals surface area contributed by atoms with E-state index in [0.717, 1.165) is 23.1 Å². The van der Waals surface area contributed by atoms with E-state index in [1.165, 1.54) is 0 Å². The fourth-order valence-corrected chi connectivity index (χ4v) is 4.95. The Morgan fingerprint density at radius 3 is 2.12 bits per heavy atom. The number of aryl methyl sites for hydroxylation is 2. The second-order valence-electron chi connectivity index (χ2n) is 12.0. The lowest BCUT2D eigenvalue weighted by atomic mass is 9.99. The van der Waals surface area contributed by atoms with Crippen LogP contribution in [-0.4, -0.2) is 40.5 Å². The first kappa shape index (κ1) is 29.8. The van der Waals surface area contributed by atoms with Gasteiger partial charge in [-0.05, 0) is 69.7 Å². The lowest BCUT2D eigenvalue weighted by Crippen LogP contribution is -2.54. The lowest BCUT2D eigenvalue weighted by Gasteiger charge is -2.35. The largest absolute Gasteiger partial charge is 0.444 e. The highest BCUT2D eigenvalue weighted by molar-refractivity contribution is 5.99. The predicted molar refractivity (Wildman–Crippen MR) is 161 cm³/mol. The molecule has 0 aliphatic heterocycles. The SMILES string of the molecule is Cc1ccc(C(C(=O)Nc2ccccc2C)N(C(=O)C(Cc2ccccc2)NC(=O)OC(C)(C)C)C2CC2C)cc1. The summed E-state index contributed by atoms with van der Waals surface area (Å²) in [5.74, 6) is -0.400. The van der Waals surface area contributed by atoms with Crippen LogP contribution in [0.15, 0.2) is 78.9 Å². The fourth-order valence-electron chi connectivity index (χ4n) is 4.95. The van der Waals surface area contributed by atoms with Crippen molar-refractivity contribution in [3.8, 4) is 0 Å². The summed E-state index contributed by atoms with van der Waals surface area (Å²) in [5.41, 5.74) is 3.55. The molecule has 1 aliphatic carbocycles. The molecule has 0 spiro atoms. The number of hydrogen-bond acceptors (Lipinski definition) is 4. The van der Waals surface area contributed by atoms with Crippen molar-refractivity contribution in [2.75, 3.05) is 5.32 Å². The molecular weight excluding hydrogens is 514 g/mol. The van der Waals surface area contributed by atoms with Crippen LogP contribution in [0.5, 0.6) is 0 Å². The van der Waals surface area contributed by atoms with Gasteiger partial charge in [-0.15, -0.1) is 0 Å². The van der Waals surface area contributed by atoms with Crippen LogP contribution in [0.3, 0.4) is 0 Å². The highest BCUT2D eigenvalue weighted by Gasteiger charge is 2.48. The van der Waals surface area contributed by atoms with Crippen molar-refractivity contribution < 1.29 is 19.1 Å². The Bertz CT molecular complexity index is 1360. The normalized spacial score (nSPS) is 17.6. The number of ether oxygens (including phenoxy) is 1. The van der Waals surface area contributed by atoms with E-state index in [-0.39, 0.29) is 30.2 Å². The van der Waals surface area contributed by atoms with Crippen molar-refractivity contribution in [3.05, 3.63) is 101 Å². The third kappa shape index (κ3) is 7.97. The fraction of sp³-hybridized carbons (Fsp3) is 0.382. The van der Waals surface area contributed by atoms with E-state index in [0.29, 0.717) is 11.3 Å². The molecule has 3 aromatic rings. The van der Waals surface area contributed by atoms with Crippen LogP contribution in [0.2, 0.25) is 0 Å². The van der Waals surface area contributed by atoms with Crippen molar-refractivity contribution in [1.29, 1.82) is 0 Å². The summed E-state index contributed by atoms with van der Waals surface area (Å²) in [6, 6.07) is 22.8. The van der Waals surface area contributed by atoms with Gasteiger partial charge in [-0.25, -0.2) is 4.79 Å². The topological polar surface area (TPSA) is 87.7 Å². The standard InChI is InChI=1S/C34H41N3O4/c1-22-16-18-26(19-17-22)30(31(38)35-27-15-11-10-12-23(27)2)37(29-20-24(29)3)32(39)28(21-25-13-8-7-9-14-25)36-33(40)41-34(4,5)6/h7-19,24,28-30H,20-21H2,1-6H3,(H,35,38)(H,36,40).